The van der Waals surface area contributed by atoms with Crippen molar-refractivity contribution in [3.05, 3.63) is 106 Å². The quantitative estimate of drug-likeness (QED) is 0.0239. The molecule has 2 fully saturated rings. The lowest BCUT2D eigenvalue weighted by Gasteiger charge is -2.27. The topological polar surface area (TPSA) is 263 Å². The number of aryl methyl sites for hydroxylation is 1. The molecule has 0 amide bonds. The molecule has 20 nitrogen and oxygen atoms in total. The maximum Gasteiger partial charge on any atom is 0.330 e. The summed E-state index contributed by atoms with van der Waals surface area (Å²) in [5.74, 6) is -6.89. The number of halogens is 2. The van der Waals surface area contributed by atoms with Gasteiger partial charge in [0.1, 0.15) is 62.6 Å². The molecular weight excluding hydrogens is 1080 g/mol. The van der Waals surface area contributed by atoms with Gasteiger partial charge in [-0.2, -0.15) is 0 Å². The molecule has 79 heavy (non-hydrogen) atoms. The van der Waals surface area contributed by atoms with Gasteiger partial charge in [-0.05, 0) is 130 Å². The van der Waals surface area contributed by atoms with Gasteiger partial charge >= 0.3 is 59.7 Å². The van der Waals surface area contributed by atoms with Crippen molar-refractivity contribution in [3.63, 3.8) is 0 Å². The van der Waals surface area contributed by atoms with Crippen LogP contribution in [0.2, 0.25) is 10.0 Å². The first-order valence-corrected chi connectivity index (χ1v) is 26.3. The molecule has 0 saturated heterocycles. The number of hydrogen-bond acceptors (Lipinski definition) is 20. The second-order valence-corrected chi connectivity index (χ2v) is 19.4. The first-order valence-electron chi connectivity index (χ1n) is 25.5. The summed E-state index contributed by atoms with van der Waals surface area (Å²) in [6, 6.07) is 10.7. The largest absolute Gasteiger partial charge is 0.462 e. The zero-order valence-electron chi connectivity index (χ0n) is 44.1. The third kappa shape index (κ3) is 20.0. The van der Waals surface area contributed by atoms with Crippen molar-refractivity contribution in [2.24, 2.45) is 23.7 Å². The van der Waals surface area contributed by atoms with Gasteiger partial charge in [-0.25, -0.2) is 9.59 Å². The van der Waals surface area contributed by atoms with Gasteiger partial charge in [-0.1, -0.05) is 48.5 Å². The Labute approximate surface area is 466 Å². The van der Waals surface area contributed by atoms with Gasteiger partial charge in [0.25, 0.3) is 0 Å². The number of benzene rings is 3. The van der Waals surface area contributed by atoms with Crippen molar-refractivity contribution >= 4 is 82.9 Å². The Kier molecular flexibility index (Phi) is 24.5. The molecule has 0 aromatic heterocycles. The summed E-state index contributed by atoms with van der Waals surface area (Å²) in [5.41, 5.74) is 2.83. The highest BCUT2D eigenvalue weighted by atomic mass is 35.5. The zero-order valence-corrected chi connectivity index (χ0v) is 45.6. The summed E-state index contributed by atoms with van der Waals surface area (Å²) in [4.78, 5) is 123. The molecule has 3 aromatic carbocycles. The summed E-state index contributed by atoms with van der Waals surface area (Å²) in [6.07, 6.45) is 3.98. The van der Waals surface area contributed by atoms with Crippen molar-refractivity contribution in [2.45, 2.75) is 111 Å². The fourth-order valence-corrected chi connectivity index (χ4v) is 8.83. The van der Waals surface area contributed by atoms with Crippen molar-refractivity contribution < 1.29 is 95.3 Å². The third-order valence-corrected chi connectivity index (χ3v) is 13.6. The van der Waals surface area contributed by atoms with E-state index in [9.17, 15) is 47.9 Å². The van der Waals surface area contributed by atoms with E-state index in [1.54, 1.807) is 39.0 Å². The number of ether oxygens (including phenoxy) is 10. The van der Waals surface area contributed by atoms with Crippen LogP contribution < -0.4 is 18.9 Å². The average molecular weight is 1140 g/mol. The van der Waals surface area contributed by atoms with Crippen LogP contribution in [-0.4, -0.2) is 86.1 Å². The normalized spacial score (nSPS) is 16.6. The predicted octanol–water partition coefficient (Wildman–Crippen LogP) is 8.75. The molecule has 2 saturated carbocycles. The van der Waals surface area contributed by atoms with Crippen LogP contribution in [0.15, 0.2) is 67.8 Å². The van der Waals surface area contributed by atoms with E-state index in [-0.39, 0.29) is 86.9 Å². The maximum atomic E-state index is 13.5. The molecule has 0 bridgehead atoms. The van der Waals surface area contributed by atoms with Gasteiger partial charge in [-0.15, -0.1) is 0 Å². The summed E-state index contributed by atoms with van der Waals surface area (Å²) in [5, 5.41) is 0.226. The van der Waals surface area contributed by atoms with Crippen LogP contribution in [0.25, 0.3) is 0 Å². The zero-order chi connectivity index (χ0) is 57.6. The van der Waals surface area contributed by atoms with Gasteiger partial charge in [-0.3, -0.25) is 38.4 Å². The molecule has 0 spiro atoms. The van der Waals surface area contributed by atoms with Crippen molar-refractivity contribution in [3.8, 4) is 23.0 Å². The SMILES string of the molecule is C=CC(=O)OCCOC(=O)CCC(=O)OCc1ccc(OC(=O)C2CCC(C(=O)Oc3cc(C)c(OC(=O)C4CCC(C(=O)Oc5ccc(COC(=O)CCC(=O)OCCOC(=O)C=C)cc5Cl)CC4)c(C)c3C)CC2)c(Cl)c1. The second kappa shape index (κ2) is 31.1. The molecule has 0 N–H and O–H groups in total. The number of rotatable bonds is 26. The molecule has 0 aliphatic heterocycles. The van der Waals surface area contributed by atoms with Crippen molar-refractivity contribution in [1.82, 2.24) is 0 Å². The van der Waals surface area contributed by atoms with Gasteiger partial charge in [0.15, 0.2) is 0 Å². The van der Waals surface area contributed by atoms with Gasteiger partial charge < -0.3 is 47.4 Å². The summed E-state index contributed by atoms with van der Waals surface area (Å²) in [6.45, 7) is 10.9. The number of carbonyl (C=O) groups is 10. The smallest absolute Gasteiger partial charge is 0.330 e. The lowest BCUT2D eigenvalue weighted by Crippen LogP contribution is -2.31. The minimum atomic E-state index is -0.666. The van der Waals surface area contributed by atoms with Crippen LogP contribution in [0.3, 0.4) is 0 Å². The number of hydrogen-bond donors (Lipinski definition) is 0. The molecule has 2 aliphatic carbocycles. The van der Waals surface area contributed by atoms with Crippen molar-refractivity contribution in [2.75, 3.05) is 26.4 Å². The Morgan fingerprint density at radius 2 is 0.772 bits per heavy atom. The molecule has 22 heteroatoms. The standard InChI is InChI=1S/C57H62Cl2O20/c1-6-47(60)70-24-26-72-49(62)20-22-51(64)74-31-36-8-18-44(42(58)29-36)76-54(66)38-10-12-40(13-11-38)56(68)78-46-28-33(3)53(35(5)34(46)4)79-57(69)41-16-14-39(15-17-41)55(67)77-45-19-9-37(30-43(45)59)32-75-52(65)23-21-50(63)73-27-25-71-48(61)7-2/h6-9,18-19,28-30,38-41H,1-2,10-17,20-27,31-32H2,3-5H3. The maximum absolute atomic E-state index is 13.5. The monoisotopic (exact) mass is 1140 g/mol. The lowest BCUT2D eigenvalue weighted by atomic mass is 9.82. The molecule has 424 valence electrons. The molecule has 2 aliphatic rings. The third-order valence-electron chi connectivity index (χ3n) is 13.0. The van der Waals surface area contributed by atoms with Crippen LogP contribution in [0, 0.1) is 44.4 Å². The fourth-order valence-electron chi connectivity index (χ4n) is 8.34. The Morgan fingerprint density at radius 1 is 0.443 bits per heavy atom. The highest BCUT2D eigenvalue weighted by molar-refractivity contribution is 6.32. The van der Waals surface area contributed by atoms with E-state index in [4.69, 9.17) is 70.6 Å². The molecule has 0 unspecified atom stereocenters. The summed E-state index contributed by atoms with van der Waals surface area (Å²) >= 11 is 12.8. The van der Waals surface area contributed by atoms with E-state index in [1.165, 1.54) is 24.3 Å². The van der Waals surface area contributed by atoms with Crippen molar-refractivity contribution in [1.29, 1.82) is 0 Å². The van der Waals surface area contributed by atoms with E-state index in [0.29, 0.717) is 90.7 Å². The van der Waals surface area contributed by atoms with Crippen LogP contribution in [-0.2, 0) is 89.6 Å². The van der Waals surface area contributed by atoms with Gasteiger partial charge in [0.05, 0.1) is 59.4 Å². The van der Waals surface area contributed by atoms with Crippen LogP contribution in [0.1, 0.15) is 105 Å². The van der Waals surface area contributed by atoms with E-state index >= 15 is 0 Å². The Morgan fingerprint density at radius 3 is 1.13 bits per heavy atom. The van der Waals surface area contributed by atoms with Crippen LogP contribution in [0.5, 0.6) is 23.0 Å². The Bertz CT molecular complexity index is 2770. The van der Waals surface area contributed by atoms with E-state index in [2.05, 4.69) is 13.2 Å². The predicted molar refractivity (Wildman–Crippen MR) is 279 cm³/mol. The van der Waals surface area contributed by atoms with Crippen LogP contribution >= 0.6 is 23.2 Å². The number of carbonyl (C=O) groups excluding carboxylic acids is 10. The molecule has 3 aromatic rings. The summed E-state index contributed by atoms with van der Waals surface area (Å²) in [7, 11) is 0. The Hall–Kier alpha value is -7.58. The molecule has 0 heterocycles. The number of esters is 10. The van der Waals surface area contributed by atoms with E-state index in [0.717, 1.165) is 12.2 Å². The molecule has 0 atom stereocenters. The fraction of sp³-hybridized carbons (Fsp3) is 0.439. The minimum Gasteiger partial charge on any atom is -0.462 e. The highest BCUT2D eigenvalue weighted by Crippen LogP contribution is 2.38. The minimum absolute atomic E-state index is 0.113. The highest BCUT2D eigenvalue weighted by Gasteiger charge is 2.35. The van der Waals surface area contributed by atoms with Crippen LogP contribution in [0.4, 0.5) is 0 Å². The van der Waals surface area contributed by atoms with Gasteiger partial charge in [0.2, 0.25) is 0 Å². The van der Waals surface area contributed by atoms with E-state index < -0.39 is 83.4 Å². The summed E-state index contributed by atoms with van der Waals surface area (Å²) < 4.78 is 52.7. The molecular formula is C57H62Cl2O20. The van der Waals surface area contributed by atoms with E-state index in [1.807, 2.05) is 0 Å². The molecule has 5 rings (SSSR count). The molecule has 0 radical (unpaired) electrons. The Balaban J connectivity index is 0.991. The first kappa shape index (κ1) is 62.3. The van der Waals surface area contributed by atoms with Gasteiger partial charge in [0, 0.05) is 12.2 Å². The first-order chi connectivity index (χ1) is 37.7. The second-order valence-electron chi connectivity index (χ2n) is 18.6. The average Bonchev–Trinajstić information content (AvgIpc) is 3.45. The lowest BCUT2D eigenvalue weighted by molar-refractivity contribution is -0.153.